The van der Waals surface area contributed by atoms with Gasteiger partial charge in [-0.3, -0.25) is 4.89 Å². The molecule has 0 N–H and O–H groups in total. The van der Waals surface area contributed by atoms with Crippen LogP contribution in [0.15, 0.2) is 48.5 Å². The van der Waals surface area contributed by atoms with Crippen molar-refractivity contribution in [2.24, 2.45) is 0 Å². The average Bonchev–Trinajstić information content (AvgIpc) is 2.50. The van der Waals surface area contributed by atoms with Gasteiger partial charge in [0.25, 0.3) is 0 Å². The Hall–Kier alpha value is -2.30. The molecule has 0 spiro atoms. The number of phosphoric ester groups is 1. The van der Waals surface area contributed by atoms with Crippen LogP contribution in [0.1, 0.15) is 18.1 Å². The first-order chi connectivity index (χ1) is 10.9. The number of aryl methyl sites for hydroxylation is 2. The highest BCUT2D eigenvalue weighted by Crippen LogP contribution is 2.50. The molecular formula is C16H17O6P. The fourth-order valence-electron chi connectivity index (χ4n) is 1.71. The van der Waals surface area contributed by atoms with Gasteiger partial charge in [-0.05, 0) is 37.1 Å². The van der Waals surface area contributed by atoms with Crippen LogP contribution < -0.4 is 9.05 Å². The minimum Gasteiger partial charge on any atom is -0.393 e. The Morgan fingerprint density at radius 3 is 1.70 bits per heavy atom. The molecule has 0 saturated carbocycles. The molecule has 0 aromatic heterocycles. The van der Waals surface area contributed by atoms with Crippen LogP contribution in [-0.2, 0) is 18.9 Å². The van der Waals surface area contributed by atoms with Crippen LogP contribution in [0.5, 0.6) is 11.5 Å². The van der Waals surface area contributed by atoms with Gasteiger partial charge in [0.05, 0.1) is 0 Å². The van der Waals surface area contributed by atoms with Crippen LogP contribution in [0.4, 0.5) is 0 Å². The van der Waals surface area contributed by atoms with E-state index < -0.39 is 13.8 Å². The summed E-state index contributed by atoms with van der Waals surface area (Å²) in [5.74, 6) is -0.167. The third-order valence-electron chi connectivity index (χ3n) is 2.85. The van der Waals surface area contributed by atoms with Crippen molar-refractivity contribution in [1.82, 2.24) is 0 Å². The van der Waals surface area contributed by atoms with E-state index in [1.807, 2.05) is 12.1 Å². The molecule has 6 nitrogen and oxygen atoms in total. The number of para-hydroxylation sites is 2. The van der Waals surface area contributed by atoms with Crippen LogP contribution in [0.2, 0.25) is 0 Å². The molecular weight excluding hydrogens is 319 g/mol. The molecule has 0 bridgehead atoms. The molecule has 2 aromatic rings. The van der Waals surface area contributed by atoms with Crippen molar-refractivity contribution in [2.75, 3.05) is 0 Å². The molecule has 0 heterocycles. The van der Waals surface area contributed by atoms with Crippen molar-refractivity contribution >= 4 is 13.8 Å². The van der Waals surface area contributed by atoms with Gasteiger partial charge in [0, 0.05) is 6.92 Å². The van der Waals surface area contributed by atoms with Gasteiger partial charge in [-0.15, -0.1) is 0 Å². The summed E-state index contributed by atoms with van der Waals surface area (Å²) in [6.45, 7) is 4.67. The zero-order valence-electron chi connectivity index (χ0n) is 13.0. The first-order valence-corrected chi connectivity index (χ1v) is 8.33. The lowest BCUT2D eigenvalue weighted by atomic mass is 10.2. The van der Waals surface area contributed by atoms with Gasteiger partial charge in [0.15, 0.2) is 0 Å². The second kappa shape index (κ2) is 7.31. The number of carbonyl (C=O) groups excluding carboxylic acids is 1. The molecule has 0 atom stereocenters. The third kappa shape index (κ3) is 4.84. The van der Waals surface area contributed by atoms with Crippen LogP contribution in [0, 0.1) is 13.8 Å². The summed E-state index contributed by atoms with van der Waals surface area (Å²) in [7, 11) is -4.21. The smallest absolute Gasteiger partial charge is 0.393 e. The van der Waals surface area contributed by atoms with E-state index in [2.05, 4.69) is 9.56 Å². The maximum Gasteiger partial charge on any atom is 0.625 e. The fourth-order valence-corrected chi connectivity index (χ4v) is 2.89. The van der Waals surface area contributed by atoms with Gasteiger partial charge in [-0.25, -0.2) is 9.36 Å². The van der Waals surface area contributed by atoms with Gasteiger partial charge in [-0.2, -0.15) is 0 Å². The number of hydrogen-bond acceptors (Lipinski definition) is 6. The van der Waals surface area contributed by atoms with E-state index in [0.717, 1.165) is 18.1 Å². The minimum absolute atomic E-state index is 0.302. The Kier molecular flexibility index (Phi) is 5.42. The Bertz CT molecular complexity index is 691. The van der Waals surface area contributed by atoms with E-state index in [-0.39, 0.29) is 0 Å². The highest BCUT2D eigenvalue weighted by Gasteiger charge is 2.35. The number of benzene rings is 2. The first kappa shape index (κ1) is 17.1. The zero-order valence-corrected chi connectivity index (χ0v) is 13.9. The van der Waals surface area contributed by atoms with E-state index in [0.29, 0.717) is 11.5 Å². The second-order valence-corrected chi connectivity index (χ2v) is 6.22. The summed E-state index contributed by atoms with van der Waals surface area (Å²) in [6.07, 6.45) is 0. The molecule has 0 radical (unpaired) electrons. The summed E-state index contributed by atoms with van der Waals surface area (Å²) < 4.78 is 28.2. The molecule has 0 aliphatic heterocycles. The topological polar surface area (TPSA) is 71.1 Å². The molecule has 0 amide bonds. The molecule has 23 heavy (non-hydrogen) atoms. The summed E-state index contributed by atoms with van der Waals surface area (Å²) >= 11 is 0. The Labute approximate surface area is 134 Å². The maximum atomic E-state index is 12.8. The average molecular weight is 336 g/mol. The zero-order chi connectivity index (χ0) is 16.9. The number of rotatable bonds is 6. The summed E-state index contributed by atoms with van der Waals surface area (Å²) in [6, 6.07) is 13.8. The lowest BCUT2D eigenvalue weighted by Gasteiger charge is -2.19. The van der Waals surface area contributed by atoms with Gasteiger partial charge >= 0.3 is 13.8 Å². The lowest BCUT2D eigenvalue weighted by molar-refractivity contribution is -0.218. The SMILES string of the molecule is CC(=O)OOP(=O)(Oc1ccccc1C)Oc1ccccc1C. The van der Waals surface area contributed by atoms with Crippen molar-refractivity contribution < 1.29 is 28.0 Å². The molecule has 7 heteroatoms. The van der Waals surface area contributed by atoms with Gasteiger partial charge in [0.1, 0.15) is 11.5 Å². The number of carbonyl (C=O) groups is 1. The lowest BCUT2D eigenvalue weighted by Crippen LogP contribution is -2.09. The summed E-state index contributed by atoms with van der Waals surface area (Å²) in [4.78, 5) is 15.3. The maximum absolute atomic E-state index is 12.8. The molecule has 0 aliphatic carbocycles. The van der Waals surface area contributed by atoms with E-state index >= 15 is 0 Å². The van der Waals surface area contributed by atoms with Crippen LogP contribution in [-0.4, -0.2) is 5.97 Å². The minimum atomic E-state index is -4.21. The van der Waals surface area contributed by atoms with E-state index in [4.69, 9.17) is 9.05 Å². The predicted molar refractivity (Wildman–Crippen MR) is 84.1 cm³/mol. The Morgan fingerprint density at radius 2 is 1.30 bits per heavy atom. The summed E-state index contributed by atoms with van der Waals surface area (Å²) in [5, 5.41) is 0. The van der Waals surface area contributed by atoms with Crippen LogP contribution >= 0.6 is 7.82 Å². The highest BCUT2D eigenvalue weighted by molar-refractivity contribution is 7.49. The molecule has 2 aromatic carbocycles. The van der Waals surface area contributed by atoms with Crippen molar-refractivity contribution in [3.05, 3.63) is 59.7 Å². The molecule has 2 rings (SSSR count). The Morgan fingerprint density at radius 1 is 0.870 bits per heavy atom. The standard InChI is InChI=1S/C16H17O6P/c1-12-8-4-6-10-15(12)20-23(18,22-19-14(3)17)21-16-11-7-5-9-13(16)2/h4-11H,1-3H3. The first-order valence-electron chi connectivity index (χ1n) is 6.87. The summed E-state index contributed by atoms with van der Waals surface area (Å²) in [5.41, 5.74) is 1.46. The number of phosphoric acid groups is 1. The van der Waals surface area contributed by atoms with Crippen molar-refractivity contribution in [3.63, 3.8) is 0 Å². The van der Waals surface area contributed by atoms with E-state index in [9.17, 15) is 9.36 Å². The Balaban J connectivity index is 2.28. The normalized spacial score (nSPS) is 10.9. The monoisotopic (exact) mass is 336 g/mol. The van der Waals surface area contributed by atoms with E-state index in [1.54, 1.807) is 50.2 Å². The number of hydrogen-bond donors (Lipinski definition) is 0. The van der Waals surface area contributed by atoms with Crippen LogP contribution in [0.25, 0.3) is 0 Å². The molecule has 122 valence electrons. The van der Waals surface area contributed by atoms with Gasteiger partial charge in [-0.1, -0.05) is 41.1 Å². The third-order valence-corrected chi connectivity index (χ3v) is 3.95. The molecule has 0 fully saturated rings. The van der Waals surface area contributed by atoms with Gasteiger partial charge < -0.3 is 9.05 Å². The van der Waals surface area contributed by atoms with Crippen molar-refractivity contribution in [3.8, 4) is 11.5 Å². The fraction of sp³-hybridized carbons (Fsp3) is 0.188. The highest BCUT2D eigenvalue weighted by atomic mass is 31.2. The molecule has 0 aliphatic rings. The predicted octanol–water partition coefficient (Wildman–Crippen LogP) is 4.36. The van der Waals surface area contributed by atoms with E-state index in [1.165, 1.54) is 0 Å². The second-order valence-electron chi connectivity index (χ2n) is 4.81. The van der Waals surface area contributed by atoms with Crippen molar-refractivity contribution in [2.45, 2.75) is 20.8 Å². The molecule has 0 saturated heterocycles. The largest absolute Gasteiger partial charge is 0.625 e. The van der Waals surface area contributed by atoms with Crippen molar-refractivity contribution in [1.29, 1.82) is 0 Å². The quantitative estimate of drug-likeness (QED) is 0.443. The van der Waals surface area contributed by atoms with Crippen LogP contribution in [0.3, 0.4) is 0 Å². The van der Waals surface area contributed by atoms with Gasteiger partial charge in [0.2, 0.25) is 0 Å². The molecule has 0 unspecified atom stereocenters.